The number of hydrogen-bond acceptors (Lipinski definition) is 3. The van der Waals surface area contributed by atoms with E-state index in [9.17, 15) is 14.0 Å². The molecule has 2 aromatic rings. The number of quaternary nitrogens is 1. The minimum atomic E-state index is -0.285. The molecule has 150 valence electrons. The number of anilines is 1. The second-order valence-corrected chi connectivity index (χ2v) is 6.83. The maximum absolute atomic E-state index is 13.5. The Morgan fingerprint density at radius 2 is 1.86 bits per heavy atom. The number of amides is 2. The largest absolute Gasteiger partial charge is 0.495 e. The van der Waals surface area contributed by atoms with Crippen LogP contribution in [0.15, 0.2) is 42.5 Å². The Morgan fingerprint density at radius 3 is 2.57 bits per heavy atom. The highest BCUT2D eigenvalue weighted by Crippen LogP contribution is 2.27. The first kappa shape index (κ1) is 21.7. The molecule has 2 aromatic carbocycles. The van der Waals surface area contributed by atoms with Crippen molar-refractivity contribution in [1.82, 2.24) is 5.32 Å². The average Bonchev–Trinajstić information content (AvgIpc) is 2.63. The quantitative estimate of drug-likeness (QED) is 0.585. The fourth-order valence-electron chi connectivity index (χ4n) is 2.68. The van der Waals surface area contributed by atoms with Crippen molar-refractivity contribution in [1.29, 1.82) is 0 Å². The summed E-state index contributed by atoms with van der Waals surface area (Å²) < 4.78 is 18.7. The van der Waals surface area contributed by atoms with Crippen molar-refractivity contribution in [2.75, 3.05) is 39.1 Å². The number of ether oxygens (including phenoxy) is 1. The number of nitrogens with one attached hydrogen (secondary N) is 3. The van der Waals surface area contributed by atoms with Crippen LogP contribution in [-0.4, -0.2) is 45.6 Å². The lowest BCUT2D eigenvalue weighted by Crippen LogP contribution is -3.11. The zero-order valence-electron chi connectivity index (χ0n) is 15.9. The number of rotatable bonds is 9. The monoisotopic (exact) mass is 408 g/mol. The van der Waals surface area contributed by atoms with Gasteiger partial charge in [0.1, 0.15) is 11.6 Å². The molecule has 2 rings (SSSR count). The van der Waals surface area contributed by atoms with Crippen LogP contribution in [0.2, 0.25) is 5.02 Å². The van der Waals surface area contributed by atoms with Crippen molar-refractivity contribution >= 4 is 29.1 Å². The van der Waals surface area contributed by atoms with Gasteiger partial charge < -0.3 is 20.3 Å². The van der Waals surface area contributed by atoms with E-state index in [0.29, 0.717) is 39.9 Å². The van der Waals surface area contributed by atoms with E-state index >= 15 is 0 Å². The van der Waals surface area contributed by atoms with Crippen molar-refractivity contribution in [3.63, 3.8) is 0 Å². The molecule has 0 aliphatic rings. The first-order valence-corrected chi connectivity index (χ1v) is 9.21. The van der Waals surface area contributed by atoms with E-state index < -0.39 is 0 Å². The molecule has 0 saturated carbocycles. The molecule has 0 aliphatic carbocycles. The van der Waals surface area contributed by atoms with Gasteiger partial charge in [-0.2, -0.15) is 0 Å². The Hall–Kier alpha value is -2.64. The summed E-state index contributed by atoms with van der Waals surface area (Å²) in [6.07, 6.45) is 0.409. The Kier molecular flexibility index (Phi) is 8.22. The molecular weight excluding hydrogens is 385 g/mol. The molecular formula is C20H24ClFN3O3+. The van der Waals surface area contributed by atoms with Gasteiger partial charge in [-0.15, -0.1) is 0 Å². The lowest BCUT2D eigenvalue weighted by Gasteiger charge is -2.15. The van der Waals surface area contributed by atoms with Gasteiger partial charge in [-0.1, -0.05) is 29.8 Å². The summed E-state index contributed by atoms with van der Waals surface area (Å²) in [7, 11) is 3.24. The zero-order chi connectivity index (χ0) is 20.5. The number of carbonyl (C=O) groups is 2. The molecule has 1 atom stereocenters. The van der Waals surface area contributed by atoms with Crippen LogP contribution in [0.5, 0.6) is 5.75 Å². The van der Waals surface area contributed by atoms with Gasteiger partial charge in [0.2, 0.25) is 0 Å². The highest BCUT2D eigenvalue weighted by atomic mass is 35.5. The maximum atomic E-state index is 13.5. The third kappa shape index (κ3) is 6.83. The molecule has 6 nitrogen and oxygen atoms in total. The van der Waals surface area contributed by atoms with Gasteiger partial charge in [0, 0.05) is 11.6 Å². The van der Waals surface area contributed by atoms with Gasteiger partial charge in [0.25, 0.3) is 11.8 Å². The molecule has 3 N–H and O–H groups in total. The molecule has 0 bridgehead atoms. The highest BCUT2D eigenvalue weighted by Gasteiger charge is 2.16. The number of halogens is 2. The first-order chi connectivity index (χ1) is 13.4. The van der Waals surface area contributed by atoms with Crippen LogP contribution in [-0.2, 0) is 16.0 Å². The van der Waals surface area contributed by atoms with Crippen LogP contribution in [0, 0.1) is 5.82 Å². The van der Waals surface area contributed by atoms with Crippen LogP contribution in [0.4, 0.5) is 10.1 Å². The Balaban J connectivity index is 1.76. The van der Waals surface area contributed by atoms with Crippen molar-refractivity contribution < 1.29 is 23.6 Å². The predicted molar refractivity (Wildman–Crippen MR) is 106 cm³/mol. The normalized spacial score (nSPS) is 11.6. The topological polar surface area (TPSA) is 71.9 Å². The van der Waals surface area contributed by atoms with Gasteiger partial charge in [0.15, 0.2) is 13.1 Å². The third-order valence-corrected chi connectivity index (χ3v) is 4.27. The molecule has 0 radical (unpaired) electrons. The lowest BCUT2D eigenvalue weighted by molar-refractivity contribution is -0.862. The maximum Gasteiger partial charge on any atom is 0.279 e. The minimum absolute atomic E-state index is 0.0937. The van der Waals surface area contributed by atoms with Crippen molar-refractivity contribution in [3.8, 4) is 5.75 Å². The highest BCUT2D eigenvalue weighted by molar-refractivity contribution is 6.31. The third-order valence-electron chi connectivity index (χ3n) is 4.03. The van der Waals surface area contributed by atoms with Crippen LogP contribution in [0.1, 0.15) is 5.56 Å². The summed E-state index contributed by atoms with van der Waals surface area (Å²) in [4.78, 5) is 24.9. The number of methoxy groups -OCH3 is 1. The molecule has 28 heavy (non-hydrogen) atoms. The number of benzene rings is 2. The summed E-state index contributed by atoms with van der Waals surface area (Å²) in [5.41, 5.74) is 1.03. The predicted octanol–water partition coefficient (Wildman–Crippen LogP) is 1.30. The van der Waals surface area contributed by atoms with Crippen molar-refractivity contribution in [2.45, 2.75) is 6.42 Å². The lowest BCUT2D eigenvalue weighted by atomic mass is 10.1. The summed E-state index contributed by atoms with van der Waals surface area (Å²) in [5, 5.41) is 5.95. The van der Waals surface area contributed by atoms with E-state index in [4.69, 9.17) is 16.3 Å². The number of likely N-dealkylation sites (N-methyl/N-ethyl adjacent to an activating group) is 1. The summed E-state index contributed by atoms with van der Waals surface area (Å²) >= 11 is 5.95. The van der Waals surface area contributed by atoms with Gasteiger partial charge in [0.05, 0.1) is 19.8 Å². The van der Waals surface area contributed by atoms with E-state index in [-0.39, 0.29) is 30.7 Å². The average molecular weight is 409 g/mol. The van der Waals surface area contributed by atoms with Gasteiger partial charge in [-0.3, -0.25) is 9.59 Å². The van der Waals surface area contributed by atoms with E-state index in [0.717, 1.165) is 0 Å². The minimum Gasteiger partial charge on any atom is -0.495 e. The molecule has 0 spiro atoms. The summed E-state index contributed by atoms with van der Waals surface area (Å²) in [6, 6.07) is 11.4. The molecule has 8 heteroatoms. The SMILES string of the molecule is COc1ccc(Cl)cc1NC(=O)C[NH+](C)CC(=O)NCCc1ccccc1F. The Morgan fingerprint density at radius 1 is 1.14 bits per heavy atom. The Bertz CT molecular complexity index is 832. The van der Waals surface area contributed by atoms with E-state index in [1.807, 2.05) is 0 Å². The van der Waals surface area contributed by atoms with E-state index in [1.54, 1.807) is 43.4 Å². The second-order valence-electron chi connectivity index (χ2n) is 6.39. The molecule has 0 aliphatic heterocycles. The smallest absolute Gasteiger partial charge is 0.279 e. The molecule has 1 unspecified atom stereocenters. The molecule has 0 fully saturated rings. The molecule has 0 saturated heterocycles. The number of carbonyl (C=O) groups excluding carboxylic acids is 2. The standard InChI is InChI=1S/C20H23ClFN3O3/c1-25(12-19(26)23-10-9-14-5-3-4-6-16(14)22)13-20(27)24-17-11-15(21)7-8-18(17)28-2/h3-8,11H,9-10,12-13H2,1-2H3,(H,23,26)(H,24,27)/p+1. The van der Waals surface area contributed by atoms with E-state index in [2.05, 4.69) is 10.6 Å². The fourth-order valence-corrected chi connectivity index (χ4v) is 2.86. The summed E-state index contributed by atoms with van der Waals surface area (Å²) in [5.74, 6) is -0.256. The van der Waals surface area contributed by atoms with Crippen LogP contribution < -0.4 is 20.3 Å². The fraction of sp³-hybridized carbons (Fsp3) is 0.300. The van der Waals surface area contributed by atoms with Gasteiger partial charge in [-0.05, 0) is 36.2 Å². The van der Waals surface area contributed by atoms with Crippen LogP contribution in [0.25, 0.3) is 0 Å². The molecule has 0 heterocycles. The van der Waals surface area contributed by atoms with E-state index in [1.165, 1.54) is 13.2 Å². The van der Waals surface area contributed by atoms with Gasteiger partial charge >= 0.3 is 0 Å². The van der Waals surface area contributed by atoms with Gasteiger partial charge in [-0.25, -0.2) is 4.39 Å². The number of hydrogen-bond donors (Lipinski definition) is 3. The van der Waals surface area contributed by atoms with Crippen molar-refractivity contribution in [2.24, 2.45) is 0 Å². The summed E-state index contributed by atoms with van der Waals surface area (Å²) in [6.45, 7) is 0.548. The van der Waals surface area contributed by atoms with Crippen molar-refractivity contribution in [3.05, 3.63) is 58.9 Å². The van der Waals surface area contributed by atoms with Crippen LogP contribution in [0.3, 0.4) is 0 Å². The zero-order valence-corrected chi connectivity index (χ0v) is 16.6. The molecule has 0 aromatic heterocycles. The Labute approximate surface area is 168 Å². The second kappa shape index (κ2) is 10.6. The van der Waals surface area contributed by atoms with Crippen LogP contribution >= 0.6 is 11.6 Å². The molecule has 2 amide bonds. The first-order valence-electron chi connectivity index (χ1n) is 8.84.